The number of hydrogen-bond donors (Lipinski definition) is 0. The van der Waals surface area contributed by atoms with Crippen LogP contribution in [0.2, 0.25) is 0 Å². The van der Waals surface area contributed by atoms with Gasteiger partial charge in [0.05, 0.1) is 22.3 Å². The highest BCUT2D eigenvalue weighted by Crippen LogP contribution is 2.28. The van der Waals surface area contributed by atoms with Crippen LogP contribution in [0, 0.1) is 17.1 Å². The predicted octanol–water partition coefficient (Wildman–Crippen LogP) is 5.25. The van der Waals surface area contributed by atoms with Gasteiger partial charge in [-0.05, 0) is 64.0 Å². The van der Waals surface area contributed by atoms with Gasteiger partial charge in [0.25, 0.3) is 0 Å². The van der Waals surface area contributed by atoms with Crippen molar-refractivity contribution in [3.8, 4) is 17.4 Å². The zero-order valence-electron chi connectivity index (χ0n) is 11.8. The molecule has 0 aliphatic rings. The molecule has 3 aromatic rings. The lowest BCUT2D eigenvalue weighted by Gasteiger charge is -1.97. The van der Waals surface area contributed by atoms with Gasteiger partial charge in [0, 0.05) is 5.56 Å². The predicted molar refractivity (Wildman–Crippen MR) is 89.9 cm³/mol. The number of nitriles is 1. The fourth-order valence-corrected chi connectivity index (χ4v) is 2.44. The van der Waals surface area contributed by atoms with Crippen LogP contribution in [0.25, 0.3) is 21.9 Å². The summed E-state index contributed by atoms with van der Waals surface area (Å²) in [4.78, 5) is 4.22. The number of rotatable bonds is 3. The van der Waals surface area contributed by atoms with Crippen molar-refractivity contribution in [2.24, 2.45) is 0 Å². The second-order valence-electron chi connectivity index (χ2n) is 4.76. The van der Waals surface area contributed by atoms with E-state index in [4.69, 9.17) is 9.68 Å². The average Bonchev–Trinajstić information content (AvgIpc) is 3.06. The van der Waals surface area contributed by atoms with Crippen LogP contribution in [0.3, 0.4) is 0 Å². The smallest absolute Gasteiger partial charge is 0.233 e. The number of oxazole rings is 1. The molecule has 0 radical (unpaired) electrons. The molecule has 0 aliphatic heterocycles. The number of benzene rings is 2. The first-order valence-corrected chi connectivity index (χ1v) is 7.54. The molecule has 0 bridgehead atoms. The Kier molecular flexibility index (Phi) is 4.35. The Morgan fingerprint density at radius 2 is 1.83 bits per heavy atom. The largest absolute Gasteiger partial charge is 0.436 e. The zero-order chi connectivity index (χ0) is 16.2. The van der Waals surface area contributed by atoms with Crippen molar-refractivity contribution >= 4 is 26.5 Å². The van der Waals surface area contributed by atoms with E-state index in [2.05, 4.69) is 27.0 Å². The number of hydrogen-bond acceptors (Lipinski definition) is 3. The SMILES string of the molecule is N#Cc1ccc(/C=C(\Br)c2ncc(-c3ccc(F)cc3)o2)cc1. The summed E-state index contributed by atoms with van der Waals surface area (Å²) in [5.41, 5.74) is 2.27. The molecule has 5 heteroatoms. The Hall–Kier alpha value is -2.71. The summed E-state index contributed by atoms with van der Waals surface area (Å²) in [6, 6.07) is 15.3. The summed E-state index contributed by atoms with van der Waals surface area (Å²) in [6.07, 6.45) is 3.44. The lowest BCUT2D eigenvalue weighted by Crippen LogP contribution is -1.78. The van der Waals surface area contributed by atoms with Crippen LogP contribution >= 0.6 is 15.9 Å². The summed E-state index contributed by atoms with van der Waals surface area (Å²) in [7, 11) is 0. The Morgan fingerprint density at radius 1 is 1.13 bits per heavy atom. The Labute approximate surface area is 140 Å². The van der Waals surface area contributed by atoms with Crippen molar-refractivity contribution in [3.05, 3.63) is 77.6 Å². The first kappa shape index (κ1) is 15.2. The summed E-state index contributed by atoms with van der Waals surface area (Å²) in [5.74, 6) is 0.689. The van der Waals surface area contributed by atoms with E-state index in [-0.39, 0.29) is 5.82 Å². The topological polar surface area (TPSA) is 49.8 Å². The molecule has 2 aromatic carbocycles. The lowest BCUT2D eigenvalue weighted by molar-refractivity contribution is 0.559. The maximum absolute atomic E-state index is 12.9. The van der Waals surface area contributed by atoms with E-state index in [1.165, 1.54) is 12.1 Å². The van der Waals surface area contributed by atoms with Crippen LogP contribution < -0.4 is 0 Å². The molecule has 0 unspecified atom stereocenters. The fourth-order valence-electron chi connectivity index (χ4n) is 1.99. The van der Waals surface area contributed by atoms with Crippen LogP contribution in [-0.2, 0) is 0 Å². The van der Waals surface area contributed by atoms with E-state index in [9.17, 15) is 4.39 Å². The van der Waals surface area contributed by atoms with E-state index >= 15 is 0 Å². The molecule has 1 heterocycles. The average molecular weight is 369 g/mol. The molecule has 1 aromatic heterocycles. The standard InChI is InChI=1S/C18H10BrFN2O/c19-16(9-12-1-3-13(10-21)4-2-12)18-22-11-17(23-18)14-5-7-15(20)8-6-14/h1-9,11H/b16-9-. The number of nitrogens with zero attached hydrogens (tertiary/aromatic N) is 2. The van der Waals surface area contributed by atoms with E-state index in [0.29, 0.717) is 21.7 Å². The third kappa shape index (κ3) is 3.55. The van der Waals surface area contributed by atoms with Crippen molar-refractivity contribution in [3.63, 3.8) is 0 Å². The minimum Gasteiger partial charge on any atom is -0.436 e. The van der Waals surface area contributed by atoms with Crippen molar-refractivity contribution in [2.75, 3.05) is 0 Å². The third-order valence-corrected chi connectivity index (χ3v) is 3.74. The Bertz CT molecular complexity index is 890. The van der Waals surface area contributed by atoms with E-state index in [1.54, 1.807) is 30.5 Å². The maximum atomic E-state index is 12.9. The van der Waals surface area contributed by atoms with Gasteiger partial charge in [-0.15, -0.1) is 0 Å². The van der Waals surface area contributed by atoms with Gasteiger partial charge in [-0.25, -0.2) is 9.37 Å². The summed E-state index contributed by atoms with van der Waals surface area (Å²) >= 11 is 3.44. The van der Waals surface area contributed by atoms with Crippen molar-refractivity contribution in [1.29, 1.82) is 5.26 Å². The van der Waals surface area contributed by atoms with Crippen molar-refractivity contribution < 1.29 is 8.81 Å². The molecule has 0 fully saturated rings. The van der Waals surface area contributed by atoms with Crippen molar-refractivity contribution in [1.82, 2.24) is 4.98 Å². The highest BCUT2D eigenvalue weighted by Gasteiger charge is 2.09. The monoisotopic (exact) mass is 368 g/mol. The molecule has 112 valence electrons. The third-order valence-electron chi connectivity index (χ3n) is 3.17. The molecule has 0 amide bonds. The molecule has 0 saturated carbocycles. The second kappa shape index (κ2) is 6.59. The van der Waals surface area contributed by atoms with Gasteiger partial charge in [0.2, 0.25) is 5.89 Å². The van der Waals surface area contributed by atoms with Crippen molar-refractivity contribution in [2.45, 2.75) is 0 Å². The number of aromatic nitrogens is 1. The first-order valence-electron chi connectivity index (χ1n) is 6.75. The second-order valence-corrected chi connectivity index (χ2v) is 5.62. The summed E-state index contributed by atoms with van der Waals surface area (Å²) < 4.78 is 19.3. The van der Waals surface area contributed by atoms with Gasteiger partial charge in [-0.1, -0.05) is 12.1 Å². The summed E-state index contributed by atoms with van der Waals surface area (Å²) in [6.45, 7) is 0. The van der Waals surface area contributed by atoms with Crippen LogP contribution in [-0.4, -0.2) is 4.98 Å². The molecule has 0 atom stereocenters. The molecule has 0 aliphatic carbocycles. The fraction of sp³-hybridized carbons (Fsp3) is 0. The zero-order valence-corrected chi connectivity index (χ0v) is 13.4. The van der Waals surface area contributed by atoms with Gasteiger partial charge in [-0.3, -0.25) is 0 Å². The van der Waals surface area contributed by atoms with Gasteiger partial charge >= 0.3 is 0 Å². The molecule has 23 heavy (non-hydrogen) atoms. The molecule has 3 rings (SSSR count). The lowest BCUT2D eigenvalue weighted by atomic mass is 10.1. The van der Waals surface area contributed by atoms with Gasteiger partial charge in [-0.2, -0.15) is 5.26 Å². The molecule has 0 saturated heterocycles. The Balaban J connectivity index is 1.85. The van der Waals surface area contributed by atoms with Gasteiger partial charge < -0.3 is 4.42 Å². The molecule has 0 spiro atoms. The number of halogens is 2. The van der Waals surface area contributed by atoms with Gasteiger partial charge in [0.1, 0.15) is 5.82 Å². The minimum atomic E-state index is -0.296. The van der Waals surface area contributed by atoms with E-state index in [0.717, 1.165) is 11.1 Å². The quantitative estimate of drug-likeness (QED) is 0.634. The highest BCUT2D eigenvalue weighted by molar-refractivity contribution is 9.15. The van der Waals surface area contributed by atoms with Crippen LogP contribution in [0.5, 0.6) is 0 Å². The van der Waals surface area contributed by atoms with Crippen LogP contribution in [0.4, 0.5) is 4.39 Å². The normalized spacial score (nSPS) is 11.3. The maximum Gasteiger partial charge on any atom is 0.233 e. The molecular formula is C18H10BrFN2O. The first-order chi connectivity index (χ1) is 11.2. The molecular weight excluding hydrogens is 359 g/mol. The molecule has 0 N–H and O–H groups in total. The van der Waals surface area contributed by atoms with Gasteiger partial charge in [0.15, 0.2) is 5.76 Å². The van der Waals surface area contributed by atoms with E-state index in [1.807, 2.05) is 18.2 Å². The van der Waals surface area contributed by atoms with Crippen LogP contribution in [0.15, 0.2) is 59.1 Å². The molecule has 3 nitrogen and oxygen atoms in total. The van der Waals surface area contributed by atoms with E-state index < -0.39 is 0 Å². The summed E-state index contributed by atoms with van der Waals surface area (Å²) in [5, 5.41) is 8.79. The van der Waals surface area contributed by atoms with Crippen LogP contribution in [0.1, 0.15) is 17.0 Å². The minimum absolute atomic E-state index is 0.296. The highest BCUT2D eigenvalue weighted by atomic mass is 79.9. The Morgan fingerprint density at radius 3 is 2.48 bits per heavy atom.